The summed E-state index contributed by atoms with van der Waals surface area (Å²) < 4.78 is 0. The summed E-state index contributed by atoms with van der Waals surface area (Å²) >= 11 is 1.63. The summed E-state index contributed by atoms with van der Waals surface area (Å²) in [6.07, 6.45) is -0.482. The number of carbonyl (C=O) groups excluding carboxylic acids is 1. The van der Waals surface area contributed by atoms with Crippen LogP contribution in [0.15, 0.2) is 24.3 Å². The maximum absolute atomic E-state index is 11.8. The molecule has 1 aromatic carbocycles. The number of rotatable bonds is 3. The highest BCUT2D eigenvalue weighted by Gasteiger charge is 2.33. The van der Waals surface area contributed by atoms with Gasteiger partial charge in [0.2, 0.25) is 5.91 Å². The number of β-amino-alcohol motifs (C(OH)–C–C–N with tert-alkyl or cyclic N) is 1. The van der Waals surface area contributed by atoms with Crippen molar-refractivity contribution < 1.29 is 9.90 Å². The molecule has 2 atom stereocenters. The first kappa shape index (κ1) is 12.5. The Balaban J connectivity index is 2.22. The molecular formula is C13H17NO2S. The lowest BCUT2D eigenvalue weighted by Gasteiger charge is -2.25. The molecule has 1 saturated heterocycles. The molecule has 0 aliphatic carbocycles. The van der Waals surface area contributed by atoms with Crippen molar-refractivity contribution in [2.75, 3.05) is 12.3 Å². The average Bonchev–Trinajstić information content (AvgIpc) is 2.60. The maximum Gasteiger partial charge on any atom is 0.233 e. The quantitative estimate of drug-likeness (QED) is 0.892. The zero-order valence-corrected chi connectivity index (χ0v) is 10.9. The first-order valence-corrected chi connectivity index (χ1v) is 6.78. The van der Waals surface area contributed by atoms with Crippen LogP contribution in [0.3, 0.4) is 0 Å². The van der Waals surface area contributed by atoms with Crippen LogP contribution in [0.25, 0.3) is 0 Å². The summed E-state index contributed by atoms with van der Waals surface area (Å²) in [6.45, 7) is 4.16. The summed E-state index contributed by atoms with van der Waals surface area (Å²) in [5, 5.41) is 9.50. The van der Waals surface area contributed by atoms with Crippen molar-refractivity contribution in [1.29, 1.82) is 0 Å². The molecule has 0 saturated carbocycles. The molecule has 3 nitrogen and oxygen atoms in total. The molecule has 1 fully saturated rings. The Labute approximate surface area is 106 Å². The SMILES string of the molecule is Cc1cccc([C@@H]2SCC(=O)N2C[C@@H](C)O)c1. The Kier molecular flexibility index (Phi) is 3.74. The fourth-order valence-electron chi connectivity index (χ4n) is 2.04. The number of nitrogens with zero attached hydrogens (tertiary/aromatic N) is 1. The third-order valence-corrected chi connectivity index (χ3v) is 4.01. The minimum absolute atomic E-state index is 0.0528. The van der Waals surface area contributed by atoms with Crippen LogP contribution in [0.5, 0.6) is 0 Å². The van der Waals surface area contributed by atoms with Crippen LogP contribution in [-0.4, -0.2) is 34.3 Å². The summed E-state index contributed by atoms with van der Waals surface area (Å²) in [6, 6.07) is 8.20. The van der Waals surface area contributed by atoms with Gasteiger partial charge in [-0.2, -0.15) is 0 Å². The molecule has 92 valence electrons. The number of aryl methyl sites for hydroxylation is 1. The molecule has 1 aliphatic rings. The fourth-order valence-corrected chi connectivity index (χ4v) is 3.22. The van der Waals surface area contributed by atoms with Crippen molar-refractivity contribution in [2.24, 2.45) is 0 Å². The maximum atomic E-state index is 11.8. The smallest absolute Gasteiger partial charge is 0.233 e. The van der Waals surface area contributed by atoms with Crippen molar-refractivity contribution in [3.63, 3.8) is 0 Å². The summed E-state index contributed by atoms with van der Waals surface area (Å²) in [4.78, 5) is 13.5. The predicted molar refractivity (Wildman–Crippen MR) is 69.8 cm³/mol. The molecule has 0 aromatic heterocycles. The van der Waals surface area contributed by atoms with E-state index in [1.807, 2.05) is 25.1 Å². The number of thioether (sulfide) groups is 1. The summed E-state index contributed by atoms with van der Waals surface area (Å²) in [5.74, 6) is 0.619. The lowest BCUT2D eigenvalue weighted by molar-refractivity contribution is -0.129. The van der Waals surface area contributed by atoms with Crippen molar-refractivity contribution in [1.82, 2.24) is 4.90 Å². The van der Waals surface area contributed by atoms with Crippen LogP contribution in [-0.2, 0) is 4.79 Å². The van der Waals surface area contributed by atoms with Gasteiger partial charge in [0.05, 0.1) is 11.9 Å². The van der Waals surface area contributed by atoms with Crippen molar-refractivity contribution in [2.45, 2.75) is 25.3 Å². The first-order chi connectivity index (χ1) is 8.08. The first-order valence-electron chi connectivity index (χ1n) is 5.73. The minimum atomic E-state index is -0.482. The Hall–Kier alpha value is -1.00. The molecule has 1 amide bonds. The normalized spacial score (nSPS) is 21.9. The third kappa shape index (κ3) is 2.82. The monoisotopic (exact) mass is 251 g/mol. The van der Waals surface area contributed by atoms with Gasteiger partial charge >= 0.3 is 0 Å². The van der Waals surface area contributed by atoms with E-state index in [0.717, 1.165) is 5.56 Å². The largest absolute Gasteiger partial charge is 0.392 e. The molecule has 1 aromatic rings. The van der Waals surface area contributed by atoms with E-state index >= 15 is 0 Å². The highest BCUT2D eigenvalue weighted by atomic mass is 32.2. The van der Waals surface area contributed by atoms with Gasteiger partial charge in [0.15, 0.2) is 0 Å². The van der Waals surface area contributed by atoms with Gasteiger partial charge < -0.3 is 10.0 Å². The van der Waals surface area contributed by atoms with Crippen LogP contribution < -0.4 is 0 Å². The standard InChI is InChI=1S/C13H17NO2S/c1-9-4-3-5-11(6-9)13-14(7-10(2)15)12(16)8-17-13/h3-6,10,13,15H,7-8H2,1-2H3/t10-,13+/m1/s1. The number of aliphatic hydroxyl groups excluding tert-OH is 1. The van der Waals surface area contributed by atoms with E-state index < -0.39 is 6.10 Å². The van der Waals surface area contributed by atoms with E-state index in [0.29, 0.717) is 12.3 Å². The molecule has 0 bridgehead atoms. The molecule has 1 N–H and O–H groups in total. The van der Waals surface area contributed by atoms with Crippen molar-refractivity contribution >= 4 is 17.7 Å². The molecule has 17 heavy (non-hydrogen) atoms. The molecular weight excluding hydrogens is 234 g/mol. The lowest BCUT2D eigenvalue weighted by atomic mass is 10.1. The second-order valence-electron chi connectivity index (χ2n) is 4.47. The summed E-state index contributed by atoms with van der Waals surface area (Å²) in [7, 11) is 0. The molecule has 1 aliphatic heterocycles. The van der Waals surface area contributed by atoms with Gasteiger partial charge in [0.1, 0.15) is 5.37 Å². The van der Waals surface area contributed by atoms with E-state index in [1.54, 1.807) is 23.6 Å². The number of benzene rings is 1. The van der Waals surface area contributed by atoms with Gasteiger partial charge in [-0.3, -0.25) is 4.79 Å². The van der Waals surface area contributed by atoms with Crippen LogP contribution in [0.2, 0.25) is 0 Å². The highest BCUT2D eigenvalue weighted by molar-refractivity contribution is 8.00. The zero-order valence-electron chi connectivity index (χ0n) is 10.1. The number of hydrogen-bond acceptors (Lipinski definition) is 3. The number of carbonyl (C=O) groups is 1. The predicted octanol–water partition coefficient (Wildman–Crippen LogP) is 1.95. The number of aliphatic hydroxyl groups is 1. The van der Waals surface area contributed by atoms with Crippen molar-refractivity contribution in [3.8, 4) is 0 Å². The van der Waals surface area contributed by atoms with Gasteiger partial charge in [-0.05, 0) is 19.4 Å². The molecule has 4 heteroatoms. The van der Waals surface area contributed by atoms with Crippen LogP contribution >= 0.6 is 11.8 Å². The number of amides is 1. The van der Waals surface area contributed by atoms with Crippen LogP contribution in [0.4, 0.5) is 0 Å². The second-order valence-corrected chi connectivity index (χ2v) is 5.54. The van der Waals surface area contributed by atoms with Gasteiger partial charge in [-0.25, -0.2) is 0 Å². The Bertz CT molecular complexity index is 420. The van der Waals surface area contributed by atoms with Gasteiger partial charge in [-0.15, -0.1) is 11.8 Å². The topological polar surface area (TPSA) is 40.5 Å². The Morgan fingerprint density at radius 1 is 1.59 bits per heavy atom. The summed E-state index contributed by atoms with van der Waals surface area (Å²) in [5.41, 5.74) is 2.33. The molecule has 0 radical (unpaired) electrons. The Morgan fingerprint density at radius 3 is 3.00 bits per heavy atom. The van der Waals surface area contributed by atoms with E-state index in [2.05, 4.69) is 6.07 Å². The third-order valence-electron chi connectivity index (χ3n) is 2.76. The highest BCUT2D eigenvalue weighted by Crippen LogP contribution is 2.38. The van der Waals surface area contributed by atoms with Gasteiger partial charge in [0.25, 0.3) is 0 Å². The Morgan fingerprint density at radius 2 is 2.35 bits per heavy atom. The minimum Gasteiger partial charge on any atom is -0.392 e. The molecule has 0 spiro atoms. The lowest BCUT2D eigenvalue weighted by Crippen LogP contribution is -2.34. The van der Waals surface area contributed by atoms with E-state index in [-0.39, 0.29) is 11.3 Å². The van der Waals surface area contributed by atoms with Crippen molar-refractivity contribution in [3.05, 3.63) is 35.4 Å². The fraction of sp³-hybridized carbons (Fsp3) is 0.462. The van der Waals surface area contributed by atoms with Crippen LogP contribution in [0.1, 0.15) is 23.4 Å². The molecule has 0 unspecified atom stereocenters. The molecule has 2 rings (SSSR count). The van der Waals surface area contributed by atoms with E-state index in [4.69, 9.17) is 0 Å². The average molecular weight is 251 g/mol. The van der Waals surface area contributed by atoms with Gasteiger partial charge in [-0.1, -0.05) is 29.8 Å². The van der Waals surface area contributed by atoms with E-state index in [1.165, 1.54) is 5.56 Å². The van der Waals surface area contributed by atoms with E-state index in [9.17, 15) is 9.90 Å². The number of hydrogen-bond donors (Lipinski definition) is 1. The van der Waals surface area contributed by atoms with Crippen LogP contribution in [0, 0.1) is 6.92 Å². The molecule has 1 heterocycles. The second kappa shape index (κ2) is 5.10. The van der Waals surface area contributed by atoms with Gasteiger partial charge in [0, 0.05) is 6.54 Å². The zero-order chi connectivity index (χ0) is 12.4.